The Hall–Kier alpha value is -1.02. The quantitative estimate of drug-likeness (QED) is 0.771. The maximum atomic E-state index is 9.47. The number of phenolic OH excluding ortho intramolecular Hbond substituents is 1. The Balaban J connectivity index is 2.00. The Bertz CT molecular complexity index is 348. The van der Waals surface area contributed by atoms with Crippen molar-refractivity contribution >= 4 is 0 Å². The second-order valence-corrected chi connectivity index (χ2v) is 4.56. The second kappa shape index (κ2) is 4.88. The van der Waals surface area contributed by atoms with Crippen molar-refractivity contribution in [2.75, 3.05) is 0 Å². The van der Waals surface area contributed by atoms with Crippen molar-refractivity contribution in [1.82, 2.24) is 0 Å². The molecule has 2 heteroatoms. The zero-order valence-corrected chi connectivity index (χ0v) is 10.0. The van der Waals surface area contributed by atoms with Crippen LogP contribution in [0.2, 0.25) is 0 Å². The van der Waals surface area contributed by atoms with E-state index in [1.807, 2.05) is 12.1 Å². The van der Waals surface area contributed by atoms with E-state index in [1.54, 1.807) is 6.07 Å². The van der Waals surface area contributed by atoms with E-state index in [9.17, 15) is 5.11 Å². The molecule has 0 radical (unpaired) electrons. The molecule has 0 bridgehead atoms. The van der Waals surface area contributed by atoms with E-state index in [-0.39, 0.29) is 0 Å². The summed E-state index contributed by atoms with van der Waals surface area (Å²) in [6, 6.07) is 7.60. The molecular weight excluding hydrogens is 200 g/mol. The van der Waals surface area contributed by atoms with Gasteiger partial charge in [-0.1, -0.05) is 26.0 Å². The molecule has 0 saturated carbocycles. The van der Waals surface area contributed by atoms with Crippen LogP contribution in [0.25, 0.3) is 0 Å². The number of aromatic hydroxyl groups is 1. The third kappa shape index (κ3) is 2.56. The van der Waals surface area contributed by atoms with Crippen LogP contribution in [0.4, 0.5) is 0 Å². The van der Waals surface area contributed by atoms with E-state index >= 15 is 0 Å². The van der Waals surface area contributed by atoms with Crippen LogP contribution >= 0.6 is 0 Å². The first-order chi connectivity index (χ1) is 7.74. The summed E-state index contributed by atoms with van der Waals surface area (Å²) in [5, 5.41) is 9.47. The Kier molecular flexibility index (Phi) is 3.49. The Morgan fingerprint density at radius 2 is 2.12 bits per heavy atom. The van der Waals surface area contributed by atoms with Crippen LogP contribution in [-0.2, 0) is 4.74 Å². The van der Waals surface area contributed by atoms with Gasteiger partial charge < -0.3 is 9.84 Å². The molecule has 1 aliphatic rings. The highest BCUT2D eigenvalue weighted by Gasteiger charge is 2.38. The Morgan fingerprint density at radius 1 is 1.31 bits per heavy atom. The highest BCUT2D eigenvalue weighted by molar-refractivity contribution is 5.29. The normalized spacial score (nSPS) is 25.4. The maximum Gasteiger partial charge on any atom is 0.115 e. The molecule has 1 fully saturated rings. The molecule has 0 aliphatic carbocycles. The van der Waals surface area contributed by atoms with Gasteiger partial charge in [-0.3, -0.25) is 0 Å². The summed E-state index contributed by atoms with van der Waals surface area (Å²) < 4.78 is 5.59. The van der Waals surface area contributed by atoms with Gasteiger partial charge in [0.05, 0.1) is 12.2 Å². The summed E-state index contributed by atoms with van der Waals surface area (Å²) >= 11 is 0. The second-order valence-electron chi connectivity index (χ2n) is 4.56. The van der Waals surface area contributed by atoms with Gasteiger partial charge in [0, 0.05) is 0 Å². The Morgan fingerprint density at radius 3 is 2.69 bits per heavy atom. The molecule has 88 valence electrons. The van der Waals surface area contributed by atoms with Crippen LogP contribution < -0.4 is 0 Å². The summed E-state index contributed by atoms with van der Waals surface area (Å²) in [7, 11) is 0. The molecule has 2 rings (SSSR count). The zero-order valence-electron chi connectivity index (χ0n) is 10.0. The standard InChI is InChI=1S/C14H20O2/c1-3-10(9-14-13(4-2)16-14)11-6-5-7-12(15)8-11/h5-8,10,13-15H,3-4,9H2,1-2H3. The fraction of sp³-hybridized carbons (Fsp3) is 0.571. The predicted molar refractivity (Wildman–Crippen MR) is 64.7 cm³/mol. The first-order valence-corrected chi connectivity index (χ1v) is 6.19. The van der Waals surface area contributed by atoms with Crippen molar-refractivity contribution in [3.05, 3.63) is 29.8 Å². The van der Waals surface area contributed by atoms with E-state index in [4.69, 9.17) is 4.74 Å². The van der Waals surface area contributed by atoms with Crippen molar-refractivity contribution in [2.24, 2.45) is 0 Å². The lowest BCUT2D eigenvalue weighted by Crippen LogP contribution is -2.03. The van der Waals surface area contributed by atoms with Gasteiger partial charge in [0.25, 0.3) is 0 Å². The average molecular weight is 220 g/mol. The van der Waals surface area contributed by atoms with Crippen molar-refractivity contribution in [3.8, 4) is 5.75 Å². The Labute approximate surface area is 97.3 Å². The molecule has 1 aromatic carbocycles. The number of phenols is 1. The first-order valence-electron chi connectivity index (χ1n) is 6.19. The molecule has 0 amide bonds. The summed E-state index contributed by atoms with van der Waals surface area (Å²) in [4.78, 5) is 0. The summed E-state index contributed by atoms with van der Waals surface area (Å²) in [5.41, 5.74) is 1.23. The lowest BCUT2D eigenvalue weighted by molar-refractivity contribution is 0.348. The van der Waals surface area contributed by atoms with Crippen LogP contribution in [-0.4, -0.2) is 17.3 Å². The number of rotatable bonds is 5. The molecule has 16 heavy (non-hydrogen) atoms. The van der Waals surface area contributed by atoms with Gasteiger partial charge in [0.15, 0.2) is 0 Å². The van der Waals surface area contributed by atoms with Gasteiger partial charge in [0.2, 0.25) is 0 Å². The fourth-order valence-electron chi connectivity index (χ4n) is 2.34. The van der Waals surface area contributed by atoms with Crippen molar-refractivity contribution < 1.29 is 9.84 Å². The lowest BCUT2D eigenvalue weighted by atomic mass is 9.91. The monoisotopic (exact) mass is 220 g/mol. The highest BCUT2D eigenvalue weighted by atomic mass is 16.6. The third-order valence-electron chi connectivity index (χ3n) is 3.44. The van der Waals surface area contributed by atoms with Gasteiger partial charge in [0.1, 0.15) is 5.75 Å². The number of benzene rings is 1. The molecular formula is C14H20O2. The van der Waals surface area contributed by atoms with E-state index in [1.165, 1.54) is 5.56 Å². The predicted octanol–water partition coefficient (Wildman–Crippen LogP) is 3.45. The van der Waals surface area contributed by atoms with Gasteiger partial charge in [-0.05, 0) is 42.9 Å². The molecule has 1 heterocycles. The number of hydrogen-bond donors (Lipinski definition) is 1. The SMILES string of the molecule is CCC(CC1OC1CC)c1cccc(O)c1. The third-order valence-corrected chi connectivity index (χ3v) is 3.44. The molecule has 0 spiro atoms. The minimum Gasteiger partial charge on any atom is -0.508 e. The van der Waals surface area contributed by atoms with Gasteiger partial charge in [-0.25, -0.2) is 0 Å². The minimum absolute atomic E-state index is 0.361. The summed E-state index contributed by atoms with van der Waals surface area (Å²) in [6.07, 6.45) is 4.21. The molecule has 2 nitrogen and oxygen atoms in total. The maximum absolute atomic E-state index is 9.47. The van der Waals surface area contributed by atoms with E-state index in [0.717, 1.165) is 19.3 Å². The average Bonchev–Trinajstić information content (AvgIpc) is 3.04. The zero-order chi connectivity index (χ0) is 11.5. The van der Waals surface area contributed by atoms with Crippen LogP contribution in [0.15, 0.2) is 24.3 Å². The van der Waals surface area contributed by atoms with Crippen molar-refractivity contribution in [3.63, 3.8) is 0 Å². The molecule has 1 aromatic rings. The summed E-state index contributed by atoms with van der Waals surface area (Å²) in [5.74, 6) is 0.869. The van der Waals surface area contributed by atoms with Gasteiger partial charge in [-0.2, -0.15) is 0 Å². The molecule has 1 aliphatic heterocycles. The molecule has 1 saturated heterocycles. The topological polar surface area (TPSA) is 32.8 Å². The van der Waals surface area contributed by atoms with Crippen LogP contribution in [0.1, 0.15) is 44.6 Å². The van der Waals surface area contributed by atoms with Crippen LogP contribution in [0.3, 0.4) is 0 Å². The van der Waals surface area contributed by atoms with E-state index < -0.39 is 0 Å². The molecule has 3 unspecified atom stereocenters. The first kappa shape index (κ1) is 11.5. The summed E-state index contributed by atoms with van der Waals surface area (Å²) in [6.45, 7) is 4.36. The smallest absolute Gasteiger partial charge is 0.115 e. The van der Waals surface area contributed by atoms with Crippen LogP contribution in [0.5, 0.6) is 5.75 Å². The number of ether oxygens (including phenoxy) is 1. The number of hydrogen-bond acceptors (Lipinski definition) is 2. The number of epoxide rings is 1. The van der Waals surface area contributed by atoms with Gasteiger partial charge >= 0.3 is 0 Å². The minimum atomic E-state index is 0.361. The van der Waals surface area contributed by atoms with E-state index in [0.29, 0.717) is 23.9 Å². The molecule has 3 atom stereocenters. The lowest BCUT2D eigenvalue weighted by Gasteiger charge is -2.14. The van der Waals surface area contributed by atoms with Crippen molar-refractivity contribution in [2.45, 2.75) is 51.2 Å². The largest absolute Gasteiger partial charge is 0.508 e. The van der Waals surface area contributed by atoms with Gasteiger partial charge in [-0.15, -0.1) is 0 Å². The fourth-order valence-corrected chi connectivity index (χ4v) is 2.34. The molecule has 0 aromatic heterocycles. The van der Waals surface area contributed by atoms with E-state index in [2.05, 4.69) is 19.9 Å². The highest BCUT2D eigenvalue weighted by Crippen LogP contribution is 2.36. The molecule has 1 N–H and O–H groups in total. The van der Waals surface area contributed by atoms with Crippen molar-refractivity contribution in [1.29, 1.82) is 0 Å². The van der Waals surface area contributed by atoms with Crippen LogP contribution in [0, 0.1) is 0 Å².